The first-order chi connectivity index (χ1) is 35.9. The number of rotatable bonds is 21. The van der Waals surface area contributed by atoms with Gasteiger partial charge in [0.1, 0.15) is 0 Å². The lowest BCUT2D eigenvalue weighted by Gasteiger charge is -2.33. The summed E-state index contributed by atoms with van der Waals surface area (Å²) in [6, 6.07) is 78.4. The van der Waals surface area contributed by atoms with Crippen molar-refractivity contribution in [2.45, 2.75) is 123 Å². The minimum atomic E-state index is -0.00778. The van der Waals surface area contributed by atoms with E-state index in [1.807, 2.05) is 0 Å². The molecule has 0 spiro atoms. The minimum absolute atomic E-state index is 0.00778. The van der Waals surface area contributed by atoms with E-state index in [4.69, 9.17) is 0 Å². The van der Waals surface area contributed by atoms with Gasteiger partial charge in [0.05, 0.1) is 0 Å². The average molecular weight is 951 g/mol. The van der Waals surface area contributed by atoms with Gasteiger partial charge in [-0.05, 0) is 163 Å². The summed E-state index contributed by atoms with van der Waals surface area (Å²) < 4.78 is 0. The van der Waals surface area contributed by atoms with Crippen molar-refractivity contribution >= 4 is 0 Å². The van der Waals surface area contributed by atoms with Crippen molar-refractivity contribution < 1.29 is 0 Å². The molecule has 1 aliphatic rings. The molecule has 0 radical (unpaired) electrons. The van der Waals surface area contributed by atoms with Crippen molar-refractivity contribution in [3.05, 3.63) is 229 Å². The Kier molecular flexibility index (Phi) is 15.8. The third-order valence-corrected chi connectivity index (χ3v) is 16.0. The van der Waals surface area contributed by atoms with Crippen LogP contribution >= 0.6 is 0 Å². The van der Waals surface area contributed by atoms with Gasteiger partial charge in [0.2, 0.25) is 0 Å². The molecule has 1 aliphatic carbocycles. The van der Waals surface area contributed by atoms with Crippen LogP contribution in [0, 0.1) is 13.8 Å². The van der Waals surface area contributed by atoms with Crippen molar-refractivity contribution in [1.82, 2.24) is 0 Å². The standard InChI is InChI=1S/C73H74/c1-5-7-9-11-13-23-43-73(44-24-14-12-10-8-6-2)71-46-54(4)37-40-68(71)69-42-39-59(52-72(69)73)63-48-62(57-32-26-34-61(47-57)66-36-22-21-35-65(66)60-33-25-27-53(3)45-60)49-64(50-63)70-51-58(55-28-17-15-18-29-55)38-41-67(70)56-30-19-16-20-31-56/h15-22,25-42,45-52H,5-14,23-24,43-44H2,1-4H3. The van der Waals surface area contributed by atoms with E-state index in [-0.39, 0.29) is 5.41 Å². The Hall–Kier alpha value is -7.02. The van der Waals surface area contributed by atoms with Crippen LogP contribution in [0.4, 0.5) is 0 Å². The van der Waals surface area contributed by atoms with E-state index in [1.165, 1.54) is 190 Å². The van der Waals surface area contributed by atoms with Crippen LogP contribution in [-0.4, -0.2) is 0 Å². The molecular weight excluding hydrogens is 877 g/mol. The second kappa shape index (κ2) is 23.2. The number of hydrogen-bond donors (Lipinski definition) is 0. The number of benzene rings is 9. The van der Waals surface area contributed by atoms with Crippen molar-refractivity contribution in [1.29, 1.82) is 0 Å². The molecular formula is C73H74. The Morgan fingerprint density at radius 3 is 1.30 bits per heavy atom. The molecule has 0 saturated carbocycles. The van der Waals surface area contributed by atoms with Gasteiger partial charge in [0.25, 0.3) is 0 Å². The zero-order valence-corrected chi connectivity index (χ0v) is 44.0. The van der Waals surface area contributed by atoms with Crippen molar-refractivity contribution in [3.63, 3.8) is 0 Å². The maximum Gasteiger partial charge on any atom is 0.0215 e. The highest BCUT2D eigenvalue weighted by molar-refractivity contribution is 5.93. The van der Waals surface area contributed by atoms with Gasteiger partial charge in [-0.25, -0.2) is 0 Å². The molecule has 0 fully saturated rings. The Bertz CT molecular complexity index is 3260. The van der Waals surface area contributed by atoms with Crippen molar-refractivity contribution in [2.24, 2.45) is 0 Å². The summed E-state index contributed by atoms with van der Waals surface area (Å²) in [6.07, 6.45) is 18.2. The molecule has 10 rings (SSSR count). The maximum atomic E-state index is 2.65. The number of unbranched alkanes of at least 4 members (excludes halogenated alkanes) is 10. The van der Waals surface area contributed by atoms with E-state index in [0.717, 1.165) is 0 Å². The normalized spacial score (nSPS) is 12.4. The quantitative estimate of drug-likeness (QED) is 0.0630. The molecule has 0 saturated heterocycles. The predicted octanol–water partition coefficient (Wildman–Crippen LogP) is 21.7. The smallest absolute Gasteiger partial charge is 0.0215 e. The Balaban J connectivity index is 1.15. The van der Waals surface area contributed by atoms with Crippen LogP contribution in [0.2, 0.25) is 0 Å². The Labute approximate surface area is 438 Å². The average Bonchev–Trinajstić information content (AvgIpc) is 3.70. The largest absolute Gasteiger partial charge is 0.0654 e. The molecule has 0 heteroatoms. The monoisotopic (exact) mass is 951 g/mol. The molecule has 0 aliphatic heterocycles. The molecule has 366 valence electrons. The Morgan fingerprint density at radius 1 is 0.247 bits per heavy atom. The van der Waals surface area contributed by atoms with Crippen molar-refractivity contribution in [3.8, 4) is 89.0 Å². The van der Waals surface area contributed by atoms with E-state index in [0.29, 0.717) is 0 Å². The number of hydrogen-bond acceptors (Lipinski definition) is 0. The van der Waals surface area contributed by atoms with Crippen molar-refractivity contribution in [2.75, 3.05) is 0 Å². The predicted molar refractivity (Wildman–Crippen MR) is 316 cm³/mol. The molecule has 0 unspecified atom stereocenters. The van der Waals surface area contributed by atoms with Gasteiger partial charge in [0.15, 0.2) is 0 Å². The van der Waals surface area contributed by atoms with E-state index in [9.17, 15) is 0 Å². The third-order valence-electron chi connectivity index (χ3n) is 16.0. The van der Waals surface area contributed by atoms with Gasteiger partial charge in [-0.3, -0.25) is 0 Å². The molecule has 0 nitrogen and oxygen atoms in total. The molecule has 0 aromatic heterocycles. The molecule has 0 heterocycles. The van der Waals surface area contributed by atoms with Gasteiger partial charge in [-0.1, -0.05) is 272 Å². The highest BCUT2D eigenvalue weighted by atomic mass is 14.5. The highest BCUT2D eigenvalue weighted by Gasteiger charge is 2.42. The van der Waals surface area contributed by atoms with E-state index in [1.54, 1.807) is 11.1 Å². The highest BCUT2D eigenvalue weighted by Crippen LogP contribution is 2.55. The third kappa shape index (κ3) is 11.0. The molecule has 0 bridgehead atoms. The van der Waals surface area contributed by atoms with Gasteiger partial charge < -0.3 is 0 Å². The summed E-state index contributed by atoms with van der Waals surface area (Å²) in [4.78, 5) is 0. The van der Waals surface area contributed by atoms with Gasteiger partial charge in [-0.2, -0.15) is 0 Å². The van der Waals surface area contributed by atoms with Gasteiger partial charge in [-0.15, -0.1) is 0 Å². The van der Waals surface area contributed by atoms with Crippen LogP contribution in [-0.2, 0) is 5.41 Å². The molecule has 9 aromatic rings. The minimum Gasteiger partial charge on any atom is -0.0654 e. The molecule has 0 N–H and O–H groups in total. The van der Waals surface area contributed by atoms with Crippen LogP contribution in [0.3, 0.4) is 0 Å². The lowest BCUT2D eigenvalue weighted by atomic mass is 9.70. The summed E-state index contributed by atoms with van der Waals surface area (Å²) in [7, 11) is 0. The van der Waals surface area contributed by atoms with Crippen LogP contribution in [0.5, 0.6) is 0 Å². The summed E-state index contributed by atoms with van der Waals surface area (Å²) in [6.45, 7) is 9.14. The topological polar surface area (TPSA) is 0 Å². The lowest BCUT2D eigenvalue weighted by molar-refractivity contribution is 0.398. The van der Waals surface area contributed by atoms with E-state index in [2.05, 4.69) is 234 Å². The lowest BCUT2D eigenvalue weighted by Crippen LogP contribution is -2.25. The first-order valence-corrected chi connectivity index (χ1v) is 27.9. The maximum absolute atomic E-state index is 2.65. The molecule has 0 amide bonds. The summed E-state index contributed by atoms with van der Waals surface area (Å²) >= 11 is 0. The van der Waals surface area contributed by atoms with E-state index < -0.39 is 0 Å². The zero-order valence-electron chi connectivity index (χ0n) is 44.0. The fourth-order valence-electron chi connectivity index (χ4n) is 12.1. The van der Waals surface area contributed by atoms with Gasteiger partial charge >= 0.3 is 0 Å². The molecule has 9 aromatic carbocycles. The number of fused-ring (bicyclic) bond motifs is 3. The molecule has 0 atom stereocenters. The second-order valence-electron chi connectivity index (χ2n) is 21.2. The zero-order chi connectivity index (χ0) is 50.0. The first kappa shape index (κ1) is 49.6. The van der Waals surface area contributed by atoms with Crippen LogP contribution in [0.15, 0.2) is 206 Å². The van der Waals surface area contributed by atoms with Crippen LogP contribution in [0.1, 0.15) is 126 Å². The van der Waals surface area contributed by atoms with E-state index >= 15 is 0 Å². The summed E-state index contributed by atoms with van der Waals surface area (Å²) in [5.41, 5.74) is 25.9. The van der Waals surface area contributed by atoms with Crippen LogP contribution < -0.4 is 0 Å². The number of aryl methyl sites for hydroxylation is 2. The fraction of sp³-hybridized carbons (Fsp3) is 0.260. The second-order valence-corrected chi connectivity index (χ2v) is 21.2. The summed E-state index contributed by atoms with van der Waals surface area (Å²) in [5, 5.41) is 0. The molecule has 73 heavy (non-hydrogen) atoms. The van der Waals surface area contributed by atoms with Gasteiger partial charge in [0, 0.05) is 5.41 Å². The SMILES string of the molecule is CCCCCCCCC1(CCCCCCCC)c2cc(C)ccc2-c2ccc(-c3cc(-c4cccc(-c5ccccc5-c5cccc(C)c5)c4)cc(-c4cc(-c5ccccc5)ccc4-c4ccccc4)c3)cc21. The fourth-order valence-corrected chi connectivity index (χ4v) is 12.1. The first-order valence-electron chi connectivity index (χ1n) is 27.9. The summed E-state index contributed by atoms with van der Waals surface area (Å²) in [5.74, 6) is 0. The Morgan fingerprint density at radius 2 is 0.671 bits per heavy atom. The van der Waals surface area contributed by atoms with Crippen LogP contribution in [0.25, 0.3) is 89.0 Å².